The lowest BCUT2D eigenvalue weighted by Crippen LogP contribution is -2.14. The zero-order chi connectivity index (χ0) is 25.8. The lowest BCUT2D eigenvalue weighted by atomic mass is 10.0. The van der Waals surface area contributed by atoms with Gasteiger partial charge in [0.05, 0.1) is 23.9 Å². The van der Waals surface area contributed by atoms with Crippen LogP contribution in [-0.4, -0.2) is 23.9 Å². The van der Waals surface area contributed by atoms with Crippen molar-refractivity contribution in [2.75, 3.05) is 17.7 Å². The number of hydrogen-bond donors (Lipinski definition) is 2. The lowest BCUT2D eigenvalue weighted by Gasteiger charge is -2.13. The number of nitrogens with one attached hydrogen (secondary N) is 2. The van der Waals surface area contributed by atoms with Gasteiger partial charge in [0.1, 0.15) is 5.75 Å². The quantitative estimate of drug-likeness (QED) is 0.278. The second kappa shape index (κ2) is 10.3. The number of carbonyl (C=O) groups is 2. The van der Waals surface area contributed by atoms with Crippen molar-refractivity contribution in [2.45, 2.75) is 6.92 Å². The number of pyridine rings is 1. The SMILES string of the molecule is COc1ccc(-c2cc(C(=O)Nc3ccc(NC(=O)c4ccccc4)cc3)c3cccc(C)c3n2)cc1. The lowest BCUT2D eigenvalue weighted by molar-refractivity contribution is 0.101. The van der Waals surface area contributed by atoms with E-state index in [1.165, 1.54) is 0 Å². The maximum absolute atomic E-state index is 13.4. The van der Waals surface area contributed by atoms with E-state index >= 15 is 0 Å². The Bertz CT molecular complexity index is 1580. The Kier molecular flexibility index (Phi) is 6.64. The molecule has 37 heavy (non-hydrogen) atoms. The molecule has 0 saturated heterocycles. The number of para-hydroxylation sites is 1. The molecule has 4 aromatic carbocycles. The minimum atomic E-state index is -0.242. The van der Waals surface area contributed by atoms with Gasteiger partial charge in [0.2, 0.25) is 0 Å². The summed E-state index contributed by atoms with van der Waals surface area (Å²) in [6.45, 7) is 1.98. The number of aryl methyl sites for hydroxylation is 1. The van der Waals surface area contributed by atoms with Crippen molar-refractivity contribution in [1.82, 2.24) is 4.98 Å². The topological polar surface area (TPSA) is 80.3 Å². The molecule has 0 spiro atoms. The summed E-state index contributed by atoms with van der Waals surface area (Å²) in [7, 11) is 1.62. The average molecular weight is 488 g/mol. The first-order valence-electron chi connectivity index (χ1n) is 11.8. The van der Waals surface area contributed by atoms with Crippen LogP contribution in [0.1, 0.15) is 26.3 Å². The van der Waals surface area contributed by atoms with Crippen LogP contribution in [0.15, 0.2) is 103 Å². The Hall–Kier alpha value is -4.97. The molecule has 0 radical (unpaired) electrons. The molecular formula is C31H25N3O3. The number of fused-ring (bicyclic) bond motifs is 1. The van der Waals surface area contributed by atoms with Crippen LogP contribution in [0.2, 0.25) is 0 Å². The fourth-order valence-electron chi connectivity index (χ4n) is 4.12. The van der Waals surface area contributed by atoms with Crippen LogP contribution in [0.4, 0.5) is 11.4 Å². The predicted octanol–water partition coefficient (Wildman–Crippen LogP) is 6.72. The van der Waals surface area contributed by atoms with Crippen LogP contribution in [0.5, 0.6) is 5.75 Å². The summed E-state index contributed by atoms with van der Waals surface area (Å²) in [6, 6.07) is 31.3. The van der Waals surface area contributed by atoms with Crippen LogP contribution in [0, 0.1) is 6.92 Å². The maximum atomic E-state index is 13.4. The van der Waals surface area contributed by atoms with E-state index in [2.05, 4.69) is 10.6 Å². The number of ether oxygens (including phenoxy) is 1. The van der Waals surface area contributed by atoms with E-state index in [9.17, 15) is 9.59 Å². The molecule has 2 amide bonds. The Morgan fingerprint density at radius 3 is 2.03 bits per heavy atom. The number of amides is 2. The van der Waals surface area contributed by atoms with E-state index in [-0.39, 0.29) is 11.8 Å². The van der Waals surface area contributed by atoms with E-state index in [0.29, 0.717) is 28.2 Å². The van der Waals surface area contributed by atoms with Crippen molar-refractivity contribution in [3.05, 3.63) is 120 Å². The van der Waals surface area contributed by atoms with Crippen LogP contribution < -0.4 is 15.4 Å². The number of hydrogen-bond acceptors (Lipinski definition) is 4. The molecular weight excluding hydrogens is 462 g/mol. The Labute approximate surface area is 215 Å². The van der Waals surface area contributed by atoms with E-state index in [4.69, 9.17) is 9.72 Å². The minimum Gasteiger partial charge on any atom is -0.497 e. The van der Waals surface area contributed by atoms with Crippen LogP contribution in [0.3, 0.4) is 0 Å². The number of nitrogens with zero attached hydrogens (tertiary/aromatic N) is 1. The number of anilines is 2. The summed E-state index contributed by atoms with van der Waals surface area (Å²) in [4.78, 5) is 30.7. The second-order valence-corrected chi connectivity index (χ2v) is 8.61. The molecule has 0 fully saturated rings. The molecule has 0 saturated carbocycles. The van der Waals surface area contributed by atoms with Gasteiger partial charge in [-0.25, -0.2) is 4.98 Å². The molecule has 1 aromatic heterocycles. The second-order valence-electron chi connectivity index (χ2n) is 8.61. The Balaban J connectivity index is 1.41. The molecule has 0 unspecified atom stereocenters. The molecule has 5 aromatic rings. The first-order valence-corrected chi connectivity index (χ1v) is 11.8. The molecule has 182 valence electrons. The van der Waals surface area contributed by atoms with Crippen molar-refractivity contribution in [1.29, 1.82) is 0 Å². The highest BCUT2D eigenvalue weighted by atomic mass is 16.5. The van der Waals surface area contributed by atoms with Crippen LogP contribution >= 0.6 is 0 Å². The summed E-state index contributed by atoms with van der Waals surface area (Å²) in [5, 5.41) is 6.62. The summed E-state index contributed by atoms with van der Waals surface area (Å²) in [6.07, 6.45) is 0. The third-order valence-electron chi connectivity index (χ3n) is 6.11. The monoisotopic (exact) mass is 487 g/mol. The minimum absolute atomic E-state index is 0.193. The van der Waals surface area contributed by atoms with Crippen molar-refractivity contribution >= 4 is 34.1 Å². The highest BCUT2D eigenvalue weighted by Gasteiger charge is 2.16. The van der Waals surface area contributed by atoms with Gasteiger partial charge in [-0.05, 0) is 79.2 Å². The molecule has 0 bridgehead atoms. The number of methoxy groups -OCH3 is 1. The van der Waals surface area contributed by atoms with Crippen molar-refractivity contribution in [2.24, 2.45) is 0 Å². The third-order valence-corrected chi connectivity index (χ3v) is 6.11. The molecule has 0 aliphatic rings. The van der Waals surface area contributed by atoms with Crippen molar-refractivity contribution in [3.63, 3.8) is 0 Å². The van der Waals surface area contributed by atoms with Gasteiger partial charge in [0, 0.05) is 27.9 Å². The number of benzene rings is 4. The van der Waals surface area contributed by atoms with Gasteiger partial charge in [-0.15, -0.1) is 0 Å². The average Bonchev–Trinajstić information content (AvgIpc) is 2.94. The number of aromatic nitrogens is 1. The zero-order valence-corrected chi connectivity index (χ0v) is 20.5. The van der Waals surface area contributed by atoms with Gasteiger partial charge in [0.15, 0.2) is 0 Å². The molecule has 0 atom stereocenters. The van der Waals surface area contributed by atoms with Gasteiger partial charge in [0.25, 0.3) is 11.8 Å². The predicted molar refractivity (Wildman–Crippen MR) is 147 cm³/mol. The third kappa shape index (κ3) is 5.18. The number of rotatable bonds is 6. The Morgan fingerprint density at radius 2 is 1.38 bits per heavy atom. The molecule has 2 N–H and O–H groups in total. The smallest absolute Gasteiger partial charge is 0.256 e. The number of carbonyl (C=O) groups excluding carboxylic acids is 2. The highest BCUT2D eigenvalue weighted by molar-refractivity contribution is 6.13. The summed E-state index contributed by atoms with van der Waals surface area (Å²) < 4.78 is 5.27. The first kappa shape index (κ1) is 23.8. The molecule has 0 aliphatic heterocycles. The summed E-state index contributed by atoms with van der Waals surface area (Å²) in [5.41, 5.74) is 5.71. The fourth-order valence-corrected chi connectivity index (χ4v) is 4.12. The van der Waals surface area contributed by atoms with Gasteiger partial charge < -0.3 is 15.4 Å². The molecule has 6 heteroatoms. The molecule has 0 aliphatic carbocycles. The van der Waals surface area contributed by atoms with Gasteiger partial charge in [-0.3, -0.25) is 9.59 Å². The van der Waals surface area contributed by atoms with E-state index in [1.54, 1.807) is 43.5 Å². The van der Waals surface area contributed by atoms with E-state index < -0.39 is 0 Å². The summed E-state index contributed by atoms with van der Waals surface area (Å²) in [5.74, 6) is 0.318. The zero-order valence-electron chi connectivity index (χ0n) is 20.5. The largest absolute Gasteiger partial charge is 0.497 e. The first-order chi connectivity index (χ1) is 18.0. The summed E-state index contributed by atoms with van der Waals surface area (Å²) >= 11 is 0. The van der Waals surface area contributed by atoms with Crippen LogP contribution in [-0.2, 0) is 0 Å². The molecule has 1 heterocycles. The maximum Gasteiger partial charge on any atom is 0.256 e. The molecule has 5 rings (SSSR count). The van der Waals surface area contributed by atoms with Crippen molar-refractivity contribution in [3.8, 4) is 17.0 Å². The van der Waals surface area contributed by atoms with Gasteiger partial charge in [-0.1, -0.05) is 36.4 Å². The normalized spacial score (nSPS) is 10.6. The fraction of sp³-hybridized carbons (Fsp3) is 0.0645. The highest BCUT2D eigenvalue weighted by Crippen LogP contribution is 2.28. The van der Waals surface area contributed by atoms with Crippen molar-refractivity contribution < 1.29 is 14.3 Å². The van der Waals surface area contributed by atoms with Crippen LogP contribution in [0.25, 0.3) is 22.2 Å². The van der Waals surface area contributed by atoms with E-state index in [1.807, 2.05) is 73.7 Å². The molecule has 6 nitrogen and oxygen atoms in total. The van der Waals surface area contributed by atoms with E-state index in [0.717, 1.165) is 27.8 Å². The van der Waals surface area contributed by atoms with Gasteiger partial charge >= 0.3 is 0 Å². The standard InChI is InChI=1S/C31H25N3O3/c1-20-7-6-10-26-27(19-28(34-29(20)26)21-11-17-25(37-2)18-12-21)31(36)33-24-15-13-23(14-16-24)32-30(35)22-8-4-3-5-9-22/h3-19H,1-2H3,(H,32,35)(H,33,36). The van der Waals surface area contributed by atoms with Gasteiger partial charge in [-0.2, -0.15) is 0 Å². The Morgan fingerprint density at radius 1 is 0.730 bits per heavy atom.